The summed E-state index contributed by atoms with van der Waals surface area (Å²) < 4.78 is 21.5. The van der Waals surface area contributed by atoms with Gasteiger partial charge in [-0.25, -0.2) is 4.79 Å². The van der Waals surface area contributed by atoms with Crippen LogP contribution in [0.3, 0.4) is 0 Å². The molecule has 0 fully saturated rings. The summed E-state index contributed by atoms with van der Waals surface area (Å²) in [7, 11) is 4.49. The van der Waals surface area contributed by atoms with Crippen LogP contribution in [-0.4, -0.2) is 33.9 Å². The Morgan fingerprint density at radius 2 is 1.65 bits per heavy atom. The van der Waals surface area contributed by atoms with E-state index in [9.17, 15) is 4.79 Å². The number of methoxy groups -OCH3 is 3. The number of esters is 1. The summed E-state index contributed by atoms with van der Waals surface area (Å²) in [5.41, 5.74) is 1.49. The second-order valence-corrected chi connectivity index (χ2v) is 5.32. The SMILES string of the molecule is CCCOC(=O)c1cc(OC)c(OC)c(OC)c1C#Cc1ccccc1. The lowest BCUT2D eigenvalue weighted by Gasteiger charge is -2.16. The van der Waals surface area contributed by atoms with Crippen molar-refractivity contribution < 1.29 is 23.7 Å². The van der Waals surface area contributed by atoms with Crippen molar-refractivity contribution in [2.45, 2.75) is 13.3 Å². The number of ether oxygens (including phenoxy) is 4. The fraction of sp³-hybridized carbons (Fsp3) is 0.286. The molecule has 0 amide bonds. The van der Waals surface area contributed by atoms with Gasteiger partial charge in [0.15, 0.2) is 11.5 Å². The number of hydrogen-bond acceptors (Lipinski definition) is 5. The number of benzene rings is 2. The van der Waals surface area contributed by atoms with Crippen molar-refractivity contribution in [3.8, 4) is 29.1 Å². The normalized spacial score (nSPS) is 9.69. The Balaban J connectivity index is 2.64. The van der Waals surface area contributed by atoms with E-state index in [0.29, 0.717) is 29.4 Å². The molecule has 0 heterocycles. The Kier molecular flexibility index (Phi) is 6.92. The van der Waals surface area contributed by atoms with Crippen LogP contribution in [0.4, 0.5) is 0 Å². The molecule has 0 aromatic heterocycles. The Morgan fingerprint density at radius 3 is 2.23 bits per heavy atom. The van der Waals surface area contributed by atoms with Crippen LogP contribution in [-0.2, 0) is 4.74 Å². The minimum atomic E-state index is -0.483. The maximum atomic E-state index is 12.5. The van der Waals surface area contributed by atoms with E-state index in [1.165, 1.54) is 21.3 Å². The van der Waals surface area contributed by atoms with Crippen LogP contribution in [0.5, 0.6) is 17.2 Å². The molecule has 26 heavy (non-hydrogen) atoms. The summed E-state index contributed by atoms with van der Waals surface area (Å²) in [5, 5.41) is 0. The molecule has 0 aliphatic carbocycles. The van der Waals surface area contributed by atoms with Crippen molar-refractivity contribution in [2.24, 2.45) is 0 Å². The van der Waals surface area contributed by atoms with Gasteiger partial charge in [-0.1, -0.05) is 37.0 Å². The van der Waals surface area contributed by atoms with Crippen LogP contribution in [0, 0.1) is 11.8 Å². The molecule has 0 saturated carbocycles. The second-order valence-electron chi connectivity index (χ2n) is 5.32. The van der Waals surface area contributed by atoms with Crippen LogP contribution >= 0.6 is 0 Å². The van der Waals surface area contributed by atoms with Gasteiger partial charge in [-0.05, 0) is 18.6 Å². The molecular formula is C21H22O5. The minimum absolute atomic E-state index is 0.274. The molecule has 0 aliphatic rings. The smallest absolute Gasteiger partial charge is 0.339 e. The lowest BCUT2D eigenvalue weighted by Crippen LogP contribution is -2.10. The monoisotopic (exact) mass is 354 g/mol. The first kappa shape index (κ1) is 19.2. The zero-order valence-corrected chi connectivity index (χ0v) is 15.4. The Bertz CT molecular complexity index is 816. The van der Waals surface area contributed by atoms with Gasteiger partial charge in [0.05, 0.1) is 39.1 Å². The maximum Gasteiger partial charge on any atom is 0.339 e. The van der Waals surface area contributed by atoms with Gasteiger partial charge in [0, 0.05) is 11.6 Å². The molecule has 0 saturated heterocycles. The number of rotatable bonds is 6. The Morgan fingerprint density at radius 1 is 0.962 bits per heavy atom. The van der Waals surface area contributed by atoms with E-state index in [1.54, 1.807) is 6.07 Å². The quantitative estimate of drug-likeness (QED) is 0.585. The van der Waals surface area contributed by atoms with Crippen molar-refractivity contribution >= 4 is 5.97 Å². The second kappa shape index (κ2) is 9.38. The van der Waals surface area contributed by atoms with Crippen molar-refractivity contribution in [1.82, 2.24) is 0 Å². The fourth-order valence-corrected chi connectivity index (χ4v) is 2.37. The maximum absolute atomic E-state index is 12.5. The summed E-state index contributed by atoms with van der Waals surface area (Å²) in [6.45, 7) is 2.25. The summed E-state index contributed by atoms with van der Waals surface area (Å²) in [4.78, 5) is 12.5. The molecule has 0 bridgehead atoms. The molecule has 0 atom stereocenters. The highest BCUT2D eigenvalue weighted by Crippen LogP contribution is 2.41. The van der Waals surface area contributed by atoms with Crippen LogP contribution in [0.1, 0.15) is 34.8 Å². The van der Waals surface area contributed by atoms with Gasteiger partial charge in [-0.3, -0.25) is 0 Å². The molecular weight excluding hydrogens is 332 g/mol. The summed E-state index contributed by atoms with van der Waals surface area (Å²) in [6, 6.07) is 11.0. The third kappa shape index (κ3) is 4.28. The third-order valence-corrected chi connectivity index (χ3v) is 3.59. The third-order valence-electron chi connectivity index (χ3n) is 3.59. The molecule has 5 heteroatoms. The lowest BCUT2D eigenvalue weighted by molar-refractivity contribution is 0.0504. The van der Waals surface area contributed by atoms with E-state index in [2.05, 4.69) is 11.8 Å². The van der Waals surface area contributed by atoms with E-state index in [1.807, 2.05) is 37.3 Å². The van der Waals surface area contributed by atoms with Gasteiger partial charge < -0.3 is 18.9 Å². The first-order valence-electron chi connectivity index (χ1n) is 8.23. The molecule has 0 radical (unpaired) electrons. The summed E-state index contributed by atoms with van der Waals surface area (Å²) >= 11 is 0. The predicted molar refractivity (Wildman–Crippen MR) is 99.1 cm³/mol. The van der Waals surface area contributed by atoms with Gasteiger partial charge in [0.1, 0.15) is 0 Å². The number of carbonyl (C=O) groups excluding carboxylic acids is 1. The summed E-state index contributed by atoms with van der Waals surface area (Å²) in [6.07, 6.45) is 0.723. The van der Waals surface area contributed by atoms with Crippen LogP contribution in [0.25, 0.3) is 0 Å². The van der Waals surface area contributed by atoms with E-state index < -0.39 is 5.97 Å². The fourth-order valence-electron chi connectivity index (χ4n) is 2.37. The zero-order chi connectivity index (χ0) is 18.9. The highest BCUT2D eigenvalue weighted by molar-refractivity contribution is 5.95. The molecule has 0 spiro atoms. The highest BCUT2D eigenvalue weighted by Gasteiger charge is 2.24. The molecule has 0 N–H and O–H groups in total. The van der Waals surface area contributed by atoms with Crippen molar-refractivity contribution in [2.75, 3.05) is 27.9 Å². The summed E-state index contributed by atoms with van der Waals surface area (Å²) in [5.74, 6) is 6.66. The van der Waals surface area contributed by atoms with Crippen molar-refractivity contribution in [3.63, 3.8) is 0 Å². The van der Waals surface area contributed by atoms with Crippen molar-refractivity contribution in [3.05, 3.63) is 53.1 Å². The largest absolute Gasteiger partial charge is 0.493 e. The standard InChI is InChI=1S/C21H22O5/c1-5-13-26-21(22)17-14-18(23-2)20(25-4)19(24-3)16(17)12-11-15-9-7-6-8-10-15/h6-10,14H,5,13H2,1-4H3. The Hall–Kier alpha value is -3.13. The van der Waals surface area contributed by atoms with Crippen LogP contribution < -0.4 is 14.2 Å². The molecule has 136 valence electrons. The van der Waals surface area contributed by atoms with Crippen molar-refractivity contribution in [1.29, 1.82) is 0 Å². The Labute approximate surface area is 153 Å². The molecule has 2 rings (SSSR count). The van der Waals surface area contributed by atoms with E-state index in [0.717, 1.165) is 12.0 Å². The lowest BCUT2D eigenvalue weighted by atomic mass is 10.0. The number of hydrogen-bond donors (Lipinski definition) is 0. The van der Waals surface area contributed by atoms with Gasteiger partial charge in [0.2, 0.25) is 5.75 Å². The molecule has 0 aliphatic heterocycles. The first-order valence-corrected chi connectivity index (χ1v) is 8.23. The topological polar surface area (TPSA) is 54.0 Å². The van der Waals surface area contributed by atoms with Gasteiger partial charge >= 0.3 is 5.97 Å². The van der Waals surface area contributed by atoms with E-state index in [-0.39, 0.29) is 5.56 Å². The van der Waals surface area contributed by atoms with E-state index in [4.69, 9.17) is 18.9 Å². The van der Waals surface area contributed by atoms with Gasteiger partial charge in [-0.2, -0.15) is 0 Å². The number of carbonyl (C=O) groups is 1. The van der Waals surface area contributed by atoms with Gasteiger partial charge in [0.25, 0.3) is 0 Å². The van der Waals surface area contributed by atoms with E-state index >= 15 is 0 Å². The average molecular weight is 354 g/mol. The zero-order valence-electron chi connectivity index (χ0n) is 15.4. The minimum Gasteiger partial charge on any atom is -0.493 e. The predicted octanol–water partition coefficient (Wildman–Crippen LogP) is 3.68. The molecule has 2 aromatic rings. The van der Waals surface area contributed by atoms with Crippen LogP contribution in [0.15, 0.2) is 36.4 Å². The molecule has 2 aromatic carbocycles. The van der Waals surface area contributed by atoms with Gasteiger partial charge in [-0.15, -0.1) is 0 Å². The molecule has 5 nitrogen and oxygen atoms in total. The molecule has 0 unspecified atom stereocenters. The van der Waals surface area contributed by atoms with Crippen LogP contribution in [0.2, 0.25) is 0 Å². The average Bonchev–Trinajstić information content (AvgIpc) is 2.69. The highest BCUT2D eigenvalue weighted by atomic mass is 16.5. The first-order chi connectivity index (χ1) is 12.7.